The third-order valence-corrected chi connectivity index (χ3v) is 2.44. The molecule has 1 aromatic carbocycles. The average Bonchev–Trinajstić information content (AvgIpc) is 2.09. The molecule has 0 aliphatic carbocycles. The minimum Gasteiger partial charge on any atom is -0.397 e. The van der Waals surface area contributed by atoms with Crippen molar-refractivity contribution in [1.29, 1.82) is 0 Å². The first kappa shape index (κ1) is 11.2. The molecule has 0 atom stereocenters. The predicted octanol–water partition coefficient (Wildman–Crippen LogP) is 3.30. The summed E-state index contributed by atoms with van der Waals surface area (Å²) in [5.41, 5.74) is 8.55. The smallest absolute Gasteiger partial charge is 0.0589 e. The van der Waals surface area contributed by atoms with Crippen LogP contribution >= 0.6 is 11.6 Å². The van der Waals surface area contributed by atoms with E-state index in [2.05, 4.69) is 19.2 Å². The molecule has 1 aromatic rings. The Hall–Kier alpha value is -0.890. The Balaban J connectivity index is 2.82. The van der Waals surface area contributed by atoms with Crippen LogP contribution in [0, 0.1) is 12.8 Å². The largest absolute Gasteiger partial charge is 0.397 e. The molecule has 3 heteroatoms. The van der Waals surface area contributed by atoms with E-state index in [1.54, 1.807) is 0 Å². The Bertz CT molecular complexity index is 321. The van der Waals surface area contributed by atoms with Crippen LogP contribution in [0.3, 0.4) is 0 Å². The van der Waals surface area contributed by atoms with E-state index in [0.717, 1.165) is 28.5 Å². The molecule has 0 saturated heterocycles. The van der Waals surface area contributed by atoms with Crippen molar-refractivity contribution in [2.45, 2.75) is 20.8 Å². The van der Waals surface area contributed by atoms with Gasteiger partial charge in [-0.2, -0.15) is 0 Å². The number of aryl methyl sites for hydroxylation is 1. The van der Waals surface area contributed by atoms with Gasteiger partial charge in [0.2, 0.25) is 0 Å². The van der Waals surface area contributed by atoms with E-state index in [4.69, 9.17) is 17.3 Å². The zero-order valence-corrected chi connectivity index (χ0v) is 9.65. The molecule has 0 aromatic heterocycles. The maximum Gasteiger partial charge on any atom is 0.0589 e. The van der Waals surface area contributed by atoms with Crippen LogP contribution < -0.4 is 11.1 Å². The van der Waals surface area contributed by atoms with Crippen LogP contribution in [-0.4, -0.2) is 6.54 Å². The fourth-order valence-corrected chi connectivity index (χ4v) is 1.33. The van der Waals surface area contributed by atoms with Gasteiger partial charge in [-0.25, -0.2) is 0 Å². The lowest BCUT2D eigenvalue weighted by Gasteiger charge is -2.12. The fraction of sp³-hybridized carbons (Fsp3) is 0.455. The summed E-state index contributed by atoms with van der Waals surface area (Å²) in [5, 5.41) is 4.03. The van der Waals surface area contributed by atoms with Gasteiger partial charge in [0.25, 0.3) is 0 Å². The van der Waals surface area contributed by atoms with Gasteiger partial charge in [0.1, 0.15) is 0 Å². The first-order chi connectivity index (χ1) is 6.50. The number of nitrogens with two attached hydrogens (primary N) is 1. The summed E-state index contributed by atoms with van der Waals surface area (Å²) in [6.45, 7) is 7.16. The van der Waals surface area contributed by atoms with Crippen molar-refractivity contribution >= 4 is 23.0 Å². The number of halogens is 1. The zero-order valence-electron chi connectivity index (χ0n) is 8.89. The Morgan fingerprint density at radius 2 is 2.07 bits per heavy atom. The van der Waals surface area contributed by atoms with Crippen LogP contribution in [0.25, 0.3) is 0 Å². The van der Waals surface area contributed by atoms with E-state index < -0.39 is 0 Å². The summed E-state index contributed by atoms with van der Waals surface area (Å²) in [4.78, 5) is 0. The summed E-state index contributed by atoms with van der Waals surface area (Å²) in [6.07, 6.45) is 0. The highest BCUT2D eigenvalue weighted by molar-refractivity contribution is 6.31. The first-order valence-corrected chi connectivity index (χ1v) is 5.18. The highest BCUT2D eigenvalue weighted by Crippen LogP contribution is 2.26. The number of hydrogen-bond donors (Lipinski definition) is 2. The van der Waals surface area contributed by atoms with Crippen molar-refractivity contribution in [2.75, 3.05) is 17.6 Å². The molecule has 0 saturated carbocycles. The van der Waals surface area contributed by atoms with Crippen molar-refractivity contribution in [2.24, 2.45) is 5.92 Å². The van der Waals surface area contributed by atoms with Crippen LogP contribution in [0.5, 0.6) is 0 Å². The van der Waals surface area contributed by atoms with Crippen molar-refractivity contribution in [3.8, 4) is 0 Å². The van der Waals surface area contributed by atoms with E-state index in [1.165, 1.54) is 0 Å². The molecule has 0 aliphatic rings. The van der Waals surface area contributed by atoms with Crippen molar-refractivity contribution in [3.05, 3.63) is 22.7 Å². The first-order valence-electron chi connectivity index (χ1n) is 4.80. The highest BCUT2D eigenvalue weighted by atomic mass is 35.5. The van der Waals surface area contributed by atoms with E-state index in [0.29, 0.717) is 5.92 Å². The lowest BCUT2D eigenvalue weighted by atomic mass is 10.1. The normalized spacial score (nSPS) is 10.6. The summed E-state index contributed by atoms with van der Waals surface area (Å²) in [6, 6.07) is 3.78. The van der Waals surface area contributed by atoms with E-state index in [-0.39, 0.29) is 0 Å². The SMILES string of the molecule is Cc1cc(N)c(NCC(C)C)cc1Cl. The zero-order chi connectivity index (χ0) is 10.7. The third kappa shape index (κ3) is 2.81. The lowest BCUT2D eigenvalue weighted by molar-refractivity contribution is 0.689. The summed E-state index contributed by atoms with van der Waals surface area (Å²) >= 11 is 6.01. The maximum absolute atomic E-state index is 6.01. The molecule has 78 valence electrons. The fourth-order valence-electron chi connectivity index (χ4n) is 1.17. The number of nitrogens with one attached hydrogen (secondary N) is 1. The lowest BCUT2D eigenvalue weighted by Crippen LogP contribution is -2.09. The second kappa shape index (κ2) is 4.56. The molecule has 2 nitrogen and oxygen atoms in total. The molecular formula is C11H17ClN2. The number of rotatable bonds is 3. The van der Waals surface area contributed by atoms with Gasteiger partial charge in [0, 0.05) is 11.6 Å². The second-order valence-electron chi connectivity index (χ2n) is 3.96. The second-order valence-corrected chi connectivity index (χ2v) is 4.37. The number of benzene rings is 1. The molecule has 0 heterocycles. The topological polar surface area (TPSA) is 38.0 Å². The Morgan fingerprint density at radius 3 is 2.64 bits per heavy atom. The van der Waals surface area contributed by atoms with E-state index >= 15 is 0 Å². The maximum atomic E-state index is 6.01. The van der Waals surface area contributed by atoms with Crippen LogP contribution in [0.2, 0.25) is 5.02 Å². The summed E-state index contributed by atoms with van der Waals surface area (Å²) in [5.74, 6) is 0.592. The minimum atomic E-state index is 0.592. The molecule has 0 fully saturated rings. The molecule has 0 radical (unpaired) electrons. The molecule has 0 aliphatic heterocycles. The number of anilines is 2. The third-order valence-electron chi connectivity index (χ3n) is 2.03. The van der Waals surface area contributed by atoms with Crippen molar-refractivity contribution < 1.29 is 0 Å². The highest BCUT2D eigenvalue weighted by Gasteiger charge is 2.03. The van der Waals surface area contributed by atoms with Gasteiger partial charge in [-0.3, -0.25) is 0 Å². The average molecular weight is 213 g/mol. The van der Waals surface area contributed by atoms with Crippen LogP contribution in [-0.2, 0) is 0 Å². The van der Waals surface area contributed by atoms with Gasteiger partial charge in [-0.05, 0) is 30.5 Å². The number of nitrogen functional groups attached to an aromatic ring is 1. The van der Waals surface area contributed by atoms with Gasteiger partial charge in [-0.1, -0.05) is 25.4 Å². The van der Waals surface area contributed by atoms with Crippen LogP contribution in [0.1, 0.15) is 19.4 Å². The molecular weight excluding hydrogens is 196 g/mol. The van der Waals surface area contributed by atoms with E-state index in [9.17, 15) is 0 Å². The van der Waals surface area contributed by atoms with Crippen LogP contribution in [0.4, 0.5) is 11.4 Å². The summed E-state index contributed by atoms with van der Waals surface area (Å²) < 4.78 is 0. The molecule has 0 amide bonds. The van der Waals surface area contributed by atoms with Gasteiger partial charge < -0.3 is 11.1 Å². The van der Waals surface area contributed by atoms with Gasteiger partial charge in [-0.15, -0.1) is 0 Å². The summed E-state index contributed by atoms with van der Waals surface area (Å²) in [7, 11) is 0. The molecule has 0 bridgehead atoms. The Labute approximate surface area is 90.4 Å². The van der Waals surface area contributed by atoms with Crippen molar-refractivity contribution in [3.63, 3.8) is 0 Å². The molecule has 3 N–H and O–H groups in total. The monoisotopic (exact) mass is 212 g/mol. The molecule has 1 rings (SSSR count). The number of hydrogen-bond acceptors (Lipinski definition) is 2. The quantitative estimate of drug-likeness (QED) is 0.755. The molecule has 0 unspecified atom stereocenters. The van der Waals surface area contributed by atoms with E-state index in [1.807, 2.05) is 19.1 Å². The van der Waals surface area contributed by atoms with Gasteiger partial charge in [0.15, 0.2) is 0 Å². The predicted molar refractivity (Wildman–Crippen MR) is 63.9 cm³/mol. The van der Waals surface area contributed by atoms with Crippen LogP contribution in [0.15, 0.2) is 12.1 Å². The molecule has 0 spiro atoms. The standard InChI is InChI=1S/C11H17ClN2/c1-7(2)6-14-11-5-9(12)8(3)4-10(11)13/h4-5,7,14H,6,13H2,1-3H3. The Kier molecular flexibility index (Phi) is 3.64. The van der Waals surface area contributed by atoms with Crippen molar-refractivity contribution in [1.82, 2.24) is 0 Å². The van der Waals surface area contributed by atoms with Gasteiger partial charge >= 0.3 is 0 Å². The Morgan fingerprint density at radius 1 is 1.43 bits per heavy atom. The minimum absolute atomic E-state index is 0.592. The molecule has 14 heavy (non-hydrogen) atoms. The van der Waals surface area contributed by atoms with Gasteiger partial charge in [0.05, 0.1) is 11.4 Å².